The van der Waals surface area contributed by atoms with Crippen molar-refractivity contribution in [1.82, 2.24) is 10.2 Å². The zero-order valence-electron chi connectivity index (χ0n) is 39.6. The summed E-state index contributed by atoms with van der Waals surface area (Å²) in [7, 11) is 1.36. The number of nitrogens with zero attached hydrogens (tertiary/aromatic N) is 2. The lowest BCUT2D eigenvalue weighted by atomic mass is 9.55. The van der Waals surface area contributed by atoms with E-state index in [2.05, 4.69) is 24.9 Å². The van der Waals surface area contributed by atoms with Gasteiger partial charge in [0, 0.05) is 44.2 Å². The fourth-order valence-corrected chi connectivity index (χ4v) is 10.5. The highest BCUT2D eigenvalue weighted by Crippen LogP contribution is 2.62. The van der Waals surface area contributed by atoms with Gasteiger partial charge in [-0.15, -0.1) is 6.58 Å². The van der Waals surface area contributed by atoms with Gasteiger partial charge in [-0.1, -0.05) is 101 Å². The molecule has 0 spiro atoms. The number of oxime groups is 1. The van der Waals surface area contributed by atoms with Crippen LogP contribution in [0.2, 0.25) is 0 Å². The summed E-state index contributed by atoms with van der Waals surface area (Å²) < 4.78 is 37.2. The average molecular weight is 918 g/mol. The molecule has 14 heteroatoms. The van der Waals surface area contributed by atoms with Gasteiger partial charge in [-0.3, -0.25) is 4.90 Å². The number of aliphatic hydroxyl groups is 2. The summed E-state index contributed by atoms with van der Waals surface area (Å²) in [6.07, 6.45) is 19.6. The molecule has 0 aromatic heterocycles. The fraction of sp³-hybridized carbons (Fsp3) is 0.635. The molecule has 0 saturated heterocycles. The van der Waals surface area contributed by atoms with Crippen molar-refractivity contribution in [3.8, 4) is 23.0 Å². The quantitative estimate of drug-likeness (QED) is 0.0422. The molecule has 2 heterocycles. The number of fused-ring (bicyclic) bond motifs is 3. The highest BCUT2D eigenvalue weighted by atomic mass is 16.7. The average Bonchev–Trinajstić information content (AvgIpc) is 3.80. The number of aliphatic hydroxyl groups excluding tert-OH is 2. The van der Waals surface area contributed by atoms with E-state index in [4.69, 9.17) is 38.4 Å². The molecular formula is C52H75N3O11. The Morgan fingerprint density at radius 1 is 0.894 bits per heavy atom. The minimum atomic E-state index is -1.49. The van der Waals surface area contributed by atoms with Gasteiger partial charge in [-0.2, -0.15) is 0 Å². The van der Waals surface area contributed by atoms with E-state index in [1.165, 1.54) is 52.1 Å². The van der Waals surface area contributed by atoms with Gasteiger partial charge in [-0.25, -0.2) is 9.59 Å². The van der Waals surface area contributed by atoms with Crippen LogP contribution < -0.4 is 24.3 Å². The molecule has 1 saturated carbocycles. The number of amides is 2. The second-order valence-corrected chi connectivity index (χ2v) is 18.0. The van der Waals surface area contributed by atoms with Gasteiger partial charge in [0.1, 0.15) is 24.1 Å². The SMILES string of the molecule is C=CCOC12Oc3ccc(OC(=O)NCCCCCCCCCCCC)cc3C3C(CCCCO)C(CCCCO)C=C(C(=NOCC)CC1N(Cc1ccc4c(c1)OCO4)C(=O)OC)C32. The van der Waals surface area contributed by atoms with Gasteiger partial charge < -0.3 is 48.8 Å². The summed E-state index contributed by atoms with van der Waals surface area (Å²) in [6.45, 7) is 9.49. The predicted molar refractivity (Wildman–Crippen MR) is 253 cm³/mol. The molecule has 2 aliphatic heterocycles. The molecule has 66 heavy (non-hydrogen) atoms. The number of rotatable bonds is 28. The Kier molecular flexibility index (Phi) is 19.9. The first-order valence-electron chi connectivity index (χ1n) is 24.7. The number of carbonyl (C=O) groups is 2. The van der Waals surface area contributed by atoms with E-state index >= 15 is 0 Å². The maximum absolute atomic E-state index is 14.3. The van der Waals surface area contributed by atoms with Crippen LogP contribution in [0.4, 0.5) is 9.59 Å². The Balaban J connectivity index is 1.38. The van der Waals surface area contributed by atoms with Crippen LogP contribution in [0.3, 0.4) is 0 Å². The van der Waals surface area contributed by atoms with Gasteiger partial charge in [0.2, 0.25) is 12.6 Å². The van der Waals surface area contributed by atoms with Crippen molar-refractivity contribution in [3.63, 3.8) is 0 Å². The third-order valence-electron chi connectivity index (χ3n) is 13.5. The number of allylic oxidation sites excluding steroid dienone is 1. The number of unbranched alkanes of at least 4 members (excludes halogenated alkanes) is 11. The first-order chi connectivity index (χ1) is 32.3. The van der Waals surface area contributed by atoms with Crippen molar-refractivity contribution < 1.29 is 53.1 Å². The number of hydrogen-bond donors (Lipinski definition) is 3. The van der Waals surface area contributed by atoms with Crippen molar-refractivity contribution >= 4 is 17.9 Å². The Labute approximate surface area is 392 Å². The number of benzene rings is 2. The van der Waals surface area contributed by atoms with Crippen molar-refractivity contribution in [3.05, 3.63) is 71.8 Å². The lowest BCUT2D eigenvalue weighted by Gasteiger charge is -2.59. The highest BCUT2D eigenvalue weighted by molar-refractivity contribution is 6.03. The maximum atomic E-state index is 14.3. The molecule has 2 amide bonds. The Morgan fingerprint density at radius 3 is 2.32 bits per heavy atom. The molecule has 6 unspecified atom stereocenters. The molecule has 0 bridgehead atoms. The maximum Gasteiger partial charge on any atom is 0.412 e. The molecule has 3 N–H and O–H groups in total. The first-order valence-corrected chi connectivity index (χ1v) is 24.7. The first kappa shape index (κ1) is 50.6. The molecule has 364 valence electrons. The van der Waals surface area contributed by atoms with E-state index in [0.29, 0.717) is 54.7 Å². The molecule has 4 aliphatic rings. The van der Waals surface area contributed by atoms with Gasteiger partial charge >= 0.3 is 12.2 Å². The minimum absolute atomic E-state index is 0.00806. The Morgan fingerprint density at radius 2 is 1.61 bits per heavy atom. The van der Waals surface area contributed by atoms with Crippen LogP contribution in [-0.2, 0) is 20.9 Å². The molecule has 1 fully saturated rings. The normalized spacial score (nSPS) is 23.0. The second kappa shape index (κ2) is 25.9. The Bertz CT molecular complexity index is 1940. The number of hydrogen-bond acceptors (Lipinski definition) is 12. The molecular weight excluding hydrogens is 843 g/mol. The Hall–Kier alpha value is -4.79. The van der Waals surface area contributed by atoms with Crippen LogP contribution >= 0.6 is 0 Å². The van der Waals surface area contributed by atoms with E-state index in [-0.39, 0.29) is 57.3 Å². The summed E-state index contributed by atoms with van der Waals surface area (Å²) in [5, 5.41) is 27.6. The van der Waals surface area contributed by atoms with Gasteiger partial charge in [0.05, 0.1) is 25.3 Å². The van der Waals surface area contributed by atoms with Crippen LogP contribution in [0.5, 0.6) is 23.0 Å². The third kappa shape index (κ3) is 12.6. The van der Waals surface area contributed by atoms with E-state index in [1.807, 2.05) is 37.3 Å². The van der Waals surface area contributed by atoms with Crippen LogP contribution in [0, 0.1) is 17.8 Å². The largest absolute Gasteiger partial charge is 0.459 e. The van der Waals surface area contributed by atoms with Crippen molar-refractivity contribution in [2.24, 2.45) is 22.9 Å². The summed E-state index contributed by atoms with van der Waals surface area (Å²) in [5.74, 6) is -0.161. The molecule has 2 aromatic rings. The van der Waals surface area contributed by atoms with E-state index in [1.54, 1.807) is 17.0 Å². The number of methoxy groups -OCH3 is 1. The second-order valence-electron chi connectivity index (χ2n) is 18.0. The zero-order valence-corrected chi connectivity index (χ0v) is 39.6. The summed E-state index contributed by atoms with van der Waals surface area (Å²) in [4.78, 5) is 35.1. The molecule has 0 radical (unpaired) electrons. The highest BCUT2D eigenvalue weighted by Gasteiger charge is 2.65. The van der Waals surface area contributed by atoms with Crippen LogP contribution in [0.25, 0.3) is 0 Å². The standard InChI is InChI=1S/C52H75N3O11/c1-5-8-9-10-11-12-13-14-15-18-27-53-50(58)65-39-24-26-44-42(33-39)48-40(22-17-20-29-57)38(21-16-19-28-56)32-41-43(54-64-7-3)34-47(52(66-44,49(41)48)63-30-6-2)55(51(59)60-4)35-37-23-25-45-46(31-37)62-36-61-45/h6,23-26,31-33,38,40,47-49,56-57H,2,5,7-22,27-30,34-36H2,1,3-4H3,(H,53,58). The molecule has 2 aliphatic carbocycles. The number of nitrogens with one attached hydrogen (secondary N) is 1. The van der Waals surface area contributed by atoms with Gasteiger partial charge in [0.15, 0.2) is 11.5 Å². The van der Waals surface area contributed by atoms with Gasteiger partial charge in [-0.05, 0) is 92.3 Å². The molecule has 14 nitrogen and oxygen atoms in total. The predicted octanol–water partition coefficient (Wildman–Crippen LogP) is 10.3. The smallest absolute Gasteiger partial charge is 0.412 e. The summed E-state index contributed by atoms with van der Waals surface area (Å²) in [5.41, 5.74) is 3.20. The van der Waals surface area contributed by atoms with Crippen LogP contribution in [0.1, 0.15) is 140 Å². The zero-order chi connectivity index (χ0) is 46.7. The molecule has 6 rings (SSSR count). The fourth-order valence-electron chi connectivity index (χ4n) is 10.5. The summed E-state index contributed by atoms with van der Waals surface area (Å²) >= 11 is 0. The van der Waals surface area contributed by atoms with Crippen molar-refractivity contribution in [2.45, 2.75) is 147 Å². The van der Waals surface area contributed by atoms with Crippen LogP contribution in [-0.4, -0.2) is 91.7 Å². The van der Waals surface area contributed by atoms with E-state index < -0.39 is 29.9 Å². The third-order valence-corrected chi connectivity index (χ3v) is 13.5. The van der Waals surface area contributed by atoms with E-state index in [0.717, 1.165) is 61.6 Å². The minimum Gasteiger partial charge on any atom is -0.459 e. The lowest BCUT2D eigenvalue weighted by molar-refractivity contribution is -0.256. The van der Waals surface area contributed by atoms with Crippen molar-refractivity contribution in [1.29, 1.82) is 0 Å². The lowest BCUT2D eigenvalue weighted by Crippen LogP contribution is -2.70. The monoisotopic (exact) mass is 918 g/mol. The molecule has 6 atom stereocenters. The van der Waals surface area contributed by atoms with E-state index in [9.17, 15) is 19.8 Å². The number of ether oxygens (including phenoxy) is 6. The topological polar surface area (TPSA) is 167 Å². The molecule has 2 aromatic carbocycles. The summed E-state index contributed by atoms with van der Waals surface area (Å²) in [6, 6.07) is 10.3. The van der Waals surface area contributed by atoms with Crippen LogP contribution in [0.15, 0.2) is 65.9 Å². The van der Waals surface area contributed by atoms with Gasteiger partial charge in [0.25, 0.3) is 0 Å². The van der Waals surface area contributed by atoms with Crippen molar-refractivity contribution in [2.75, 3.05) is 46.9 Å². The number of carbonyl (C=O) groups excluding carboxylic acids is 2.